The molecular weight excluding hydrogens is 583 g/mol. The van der Waals surface area contributed by atoms with Crippen LogP contribution in [0.25, 0.3) is 16.9 Å². The van der Waals surface area contributed by atoms with Crippen molar-refractivity contribution in [2.75, 3.05) is 24.7 Å². The van der Waals surface area contributed by atoms with E-state index in [1.807, 2.05) is 0 Å². The molecule has 2 atom stereocenters. The number of hydrogen-bond acceptors (Lipinski definition) is 7. The number of carboxylic acids is 1. The maximum absolute atomic E-state index is 15.0. The quantitative estimate of drug-likeness (QED) is 0.307. The summed E-state index contributed by atoms with van der Waals surface area (Å²) in [6.07, 6.45) is 0.708. The third kappa shape index (κ3) is 5.77. The molecule has 5 rings (SSSR count). The Morgan fingerprint density at radius 2 is 1.84 bits per heavy atom. The van der Waals surface area contributed by atoms with Crippen LogP contribution in [0.15, 0.2) is 53.8 Å². The van der Waals surface area contributed by atoms with Crippen molar-refractivity contribution in [1.29, 1.82) is 0 Å². The lowest BCUT2D eigenvalue weighted by Gasteiger charge is -2.38. The fourth-order valence-electron chi connectivity index (χ4n) is 4.87. The van der Waals surface area contributed by atoms with Gasteiger partial charge in [0.1, 0.15) is 40.6 Å². The highest BCUT2D eigenvalue weighted by molar-refractivity contribution is 5.97. The molecular formula is C27H23F5N6O5. The second-order valence-electron chi connectivity index (χ2n) is 9.73. The number of aryl methyl sites for hydroxylation is 1. The molecule has 0 saturated carbocycles. The summed E-state index contributed by atoms with van der Waals surface area (Å²) in [5.41, 5.74) is -0.936. The number of halogens is 5. The highest BCUT2D eigenvalue weighted by Gasteiger charge is 2.46. The number of rotatable bonds is 7. The molecule has 1 fully saturated rings. The Labute approximate surface area is 239 Å². The summed E-state index contributed by atoms with van der Waals surface area (Å²) in [7, 11) is 1.55. The number of aromatic nitrogens is 4. The molecule has 0 bridgehead atoms. The molecule has 4 aromatic rings. The largest absolute Gasteiger partial charge is 0.480 e. The van der Waals surface area contributed by atoms with Crippen molar-refractivity contribution in [3.8, 4) is 11.3 Å². The summed E-state index contributed by atoms with van der Waals surface area (Å²) in [6.45, 7) is -1.15. The molecule has 1 aliphatic rings. The van der Waals surface area contributed by atoms with Gasteiger partial charge in [0.15, 0.2) is 0 Å². The Kier molecular flexibility index (Phi) is 7.88. The second kappa shape index (κ2) is 11.4. The molecule has 1 saturated heterocycles. The minimum atomic E-state index is -4.75. The molecule has 226 valence electrons. The van der Waals surface area contributed by atoms with Crippen LogP contribution in [0.1, 0.15) is 16.1 Å². The van der Waals surface area contributed by atoms with Gasteiger partial charge in [-0.3, -0.25) is 9.59 Å². The molecule has 4 heterocycles. The fourth-order valence-corrected chi connectivity index (χ4v) is 4.87. The Morgan fingerprint density at radius 3 is 2.51 bits per heavy atom. The number of carboxylic acid groups (broad SMARTS) is 1. The van der Waals surface area contributed by atoms with E-state index < -0.39 is 65.2 Å². The van der Waals surface area contributed by atoms with Crippen LogP contribution in [0.3, 0.4) is 0 Å². The lowest BCUT2D eigenvalue weighted by Crippen LogP contribution is -2.53. The first kappa shape index (κ1) is 29.6. The minimum absolute atomic E-state index is 0.101. The fraction of sp³-hybridized carbons (Fsp3) is 0.296. The number of amides is 1. The Bertz CT molecular complexity index is 1750. The molecule has 0 radical (unpaired) electrons. The van der Waals surface area contributed by atoms with Gasteiger partial charge in [0.2, 0.25) is 0 Å². The molecule has 1 amide bonds. The van der Waals surface area contributed by atoms with Crippen molar-refractivity contribution in [3.05, 3.63) is 82.3 Å². The second-order valence-corrected chi connectivity index (χ2v) is 9.73. The molecule has 0 aliphatic carbocycles. The number of alkyl halides is 3. The summed E-state index contributed by atoms with van der Waals surface area (Å²) in [6, 6.07) is 0.360. The Morgan fingerprint density at radius 1 is 1.14 bits per heavy atom. The number of imidazole rings is 1. The predicted octanol–water partition coefficient (Wildman–Crippen LogP) is 2.57. The van der Waals surface area contributed by atoms with Crippen molar-refractivity contribution in [3.63, 3.8) is 0 Å². The standard InChI is InChI=1S/C27H23F5N6O5/c1-36-6-4-33-22(25(36)40)16-3-2-14(38-7-5-34-23(16)38)12-19(26(41)42)35-24(39)21-17(28)10-15(11-18(21)29)37-8-9-43-13-20(37)27(30,31)32/h2-7,10-11,19-20H,8-9,12-13H2,1H3,(H,35,39)(H,41,42). The van der Waals surface area contributed by atoms with E-state index in [4.69, 9.17) is 4.74 Å². The van der Waals surface area contributed by atoms with Gasteiger partial charge in [0, 0.05) is 61.7 Å². The third-order valence-corrected chi connectivity index (χ3v) is 7.01. The van der Waals surface area contributed by atoms with Crippen molar-refractivity contribution < 1.29 is 41.4 Å². The molecule has 2 unspecified atom stereocenters. The SMILES string of the molecule is Cn1ccnc(-c2ccc(CC(NC(=O)c3c(F)cc(N4CCOCC4C(F)(F)F)cc3F)C(=O)O)n3ccnc23)c1=O. The lowest BCUT2D eigenvalue weighted by molar-refractivity contribution is -0.167. The van der Waals surface area contributed by atoms with Gasteiger partial charge in [-0.1, -0.05) is 0 Å². The van der Waals surface area contributed by atoms with Crippen LogP contribution in [0.5, 0.6) is 0 Å². The molecule has 1 aromatic carbocycles. The van der Waals surface area contributed by atoms with Crippen molar-refractivity contribution in [2.24, 2.45) is 7.05 Å². The van der Waals surface area contributed by atoms with Crippen LogP contribution < -0.4 is 15.8 Å². The summed E-state index contributed by atoms with van der Waals surface area (Å²) < 4.78 is 78.1. The number of nitrogens with zero attached hydrogens (tertiary/aromatic N) is 5. The van der Waals surface area contributed by atoms with Crippen LogP contribution in [0.2, 0.25) is 0 Å². The first-order valence-corrected chi connectivity index (χ1v) is 12.8. The smallest absolute Gasteiger partial charge is 0.411 e. The maximum Gasteiger partial charge on any atom is 0.411 e. The topological polar surface area (TPSA) is 131 Å². The van der Waals surface area contributed by atoms with Crippen LogP contribution in [-0.2, 0) is 23.0 Å². The molecule has 2 N–H and O–H groups in total. The Balaban J connectivity index is 1.41. The number of anilines is 1. The molecule has 43 heavy (non-hydrogen) atoms. The molecule has 11 nitrogen and oxygen atoms in total. The van der Waals surface area contributed by atoms with Crippen LogP contribution in [-0.4, -0.2) is 73.9 Å². The molecule has 0 spiro atoms. The van der Waals surface area contributed by atoms with Crippen molar-refractivity contribution >= 4 is 23.2 Å². The number of morpholine rings is 1. The third-order valence-electron chi connectivity index (χ3n) is 7.01. The zero-order chi connectivity index (χ0) is 31.1. The van der Waals surface area contributed by atoms with Crippen LogP contribution >= 0.6 is 0 Å². The zero-order valence-electron chi connectivity index (χ0n) is 22.3. The van der Waals surface area contributed by atoms with Crippen LogP contribution in [0, 0.1) is 11.6 Å². The van der Waals surface area contributed by atoms with Gasteiger partial charge in [0.25, 0.3) is 11.5 Å². The number of hydrogen-bond donors (Lipinski definition) is 2. The normalized spacial score (nSPS) is 16.3. The lowest BCUT2D eigenvalue weighted by atomic mass is 10.1. The van der Waals surface area contributed by atoms with E-state index in [-0.39, 0.29) is 30.9 Å². The van der Waals surface area contributed by atoms with E-state index in [0.29, 0.717) is 23.4 Å². The van der Waals surface area contributed by atoms with Gasteiger partial charge < -0.3 is 29.0 Å². The van der Waals surface area contributed by atoms with E-state index in [9.17, 15) is 32.7 Å². The average molecular weight is 607 g/mol. The van der Waals surface area contributed by atoms with Gasteiger partial charge in [-0.2, -0.15) is 13.2 Å². The predicted molar refractivity (Wildman–Crippen MR) is 141 cm³/mol. The van der Waals surface area contributed by atoms with Crippen molar-refractivity contribution in [1.82, 2.24) is 24.3 Å². The van der Waals surface area contributed by atoms with E-state index in [2.05, 4.69) is 15.3 Å². The number of benzene rings is 1. The molecule has 16 heteroatoms. The van der Waals surface area contributed by atoms with Gasteiger partial charge in [-0.25, -0.2) is 23.5 Å². The number of pyridine rings is 1. The van der Waals surface area contributed by atoms with E-state index in [1.165, 1.54) is 45.9 Å². The van der Waals surface area contributed by atoms with E-state index in [0.717, 1.165) is 4.90 Å². The first-order chi connectivity index (χ1) is 20.4. The number of carbonyl (C=O) groups excluding carboxylic acids is 1. The summed E-state index contributed by atoms with van der Waals surface area (Å²) >= 11 is 0. The average Bonchev–Trinajstić information content (AvgIpc) is 3.44. The van der Waals surface area contributed by atoms with E-state index in [1.54, 1.807) is 7.05 Å². The van der Waals surface area contributed by atoms with Gasteiger partial charge in [0.05, 0.1) is 13.2 Å². The maximum atomic E-state index is 15.0. The molecule has 1 aliphatic heterocycles. The number of fused-ring (bicyclic) bond motifs is 1. The van der Waals surface area contributed by atoms with Gasteiger partial charge >= 0.3 is 12.1 Å². The number of ether oxygens (including phenoxy) is 1. The van der Waals surface area contributed by atoms with Crippen LogP contribution in [0.4, 0.5) is 27.6 Å². The van der Waals surface area contributed by atoms with Crippen molar-refractivity contribution in [2.45, 2.75) is 24.7 Å². The monoisotopic (exact) mass is 606 g/mol. The Hall–Kier alpha value is -4.86. The number of aliphatic carboxylic acids is 1. The molecule has 3 aromatic heterocycles. The highest BCUT2D eigenvalue weighted by atomic mass is 19.4. The summed E-state index contributed by atoms with van der Waals surface area (Å²) in [4.78, 5) is 46.6. The minimum Gasteiger partial charge on any atom is -0.480 e. The van der Waals surface area contributed by atoms with Gasteiger partial charge in [-0.05, 0) is 24.3 Å². The van der Waals surface area contributed by atoms with Gasteiger partial charge in [-0.15, -0.1) is 0 Å². The number of carbonyl (C=O) groups is 2. The highest BCUT2D eigenvalue weighted by Crippen LogP contribution is 2.32. The first-order valence-electron chi connectivity index (χ1n) is 12.8. The summed E-state index contributed by atoms with van der Waals surface area (Å²) in [5.74, 6) is -5.88. The number of nitrogens with one attached hydrogen (secondary N) is 1. The summed E-state index contributed by atoms with van der Waals surface area (Å²) in [5, 5.41) is 11.9. The zero-order valence-corrected chi connectivity index (χ0v) is 22.3. The van der Waals surface area contributed by atoms with E-state index >= 15 is 8.78 Å².